The molecule has 0 atom stereocenters. The molecule has 4 nitrogen and oxygen atoms in total. The van der Waals surface area contributed by atoms with Gasteiger partial charge in [0, 0.05) is 29.4 Å². The smallest absolute Gasteiger partial charge is 0.337 e. The van der Waals surface area contributed by atoms with Gasteiger partial charge in [0.1, 0.15) is 11.5 Å². The van der Waals surface area contributed by atoms with Crippen molar-refractivity contribution in [3.05, 3.63) is 52.6 Å². The van der Waals surface area contributed by atoms with E-state index >= 15 is 0 Å². The fraction of sp³-hybridized carbons (Fsp3) is 0.389. The molecule has 0 spiro atoms. The van der Waals surface area contributed by atoms with Crippen LogP contribution in [0.2, 0.25) is 0 Å². The lowest BCUT2D eigenvalue weighted by Gasteiger charge is -2.20. The van der Waals surface area contributed by atoms with Crippen LogP contribution in [0.5, 0.6) is 5.75 Å². The van der Waals surface area contributed by atoms with Gasteiger partial charge in [-0.05, 0) is 37.1 Å². The van der Waals surface area contributed by atoms with Crippen LogP contribution in [0.3, 0.4) is 0 Å². The van der Waals surface area contributed by atoms with Crippen LogP contribution in [-0.2, 0) is 0 Å². The summed E-state index contributed by atoms with van der Waals surface area (Å²) in [5.41, 5.74) is 1.40. The van der Waals surface area contributed by atoms with Crippen molar-refractivity contribution in [3.63, 3.8) is 0 Å². The molecule has 1 saturated carbocycles. The average molecular weight is 299 g/mol. The summed E-state index contributed by atoms with van der Waals surface area (Å²) in [7, 11) is 1.64. The SMILES string of the molecule is COc1ccc(Nc2cc(C3CCCCC3)oc(=O)c2)cc1. The number of ether oxygens (including phenoxy) is 1. The molecule has 1 fully saturated rings. The van der Waals surface area contributed by atoms with Crippen LogP contribution in [0.15, 0.2) is 45.6 Å². The number of hydrogen-bond acceptors (Lipinski definition) is 4. The summed E-state index contributed by atoms with van der Waals surface area (Å²) in [6, 6.07) is 11.1. The van der Waals surface area contributed by atoms with Crippen molar-refractivity contribution in [1.82, 2.24) is 0 Å². The summed E-state index contributed by atoms with van der Waals surface area (Å²) in [6.07, 6.45) is 5.92. The van der Waals surface area contributed by atoms with Gasteiger partial charge in [-0.3, -0.25) is 0 Å². The summed E-state index contributed by atoms with van der Waals surface area (Å²) < 4.78 is 10.6. The molecule has 3 rings (SSSR count). The summed E-state index contributed by atoms with van der Waals surface area (Å²) in [5, 5.41) is 3.26. The van der Waals surface area contributed by atoms with Crippen molar-refractivity contribution in [1.29, 1.82) is 0 Å². The minimum Gasteiger partial charge on any atom is -0.497 e. The predicted molar refractivity (Wildman–Crippen MR) is 87.1 cm³/mol. The molecule has 22 heavy (non-hydrogen) atoms. The van der Waals surface area contributed by atoms with E-state index in [0.29, 0.717) is 5.92 Å². The molecular weight excluding hydrogens is 278 g/mol. The molecule has 2 aromatic rings. The zero-order valence-electron chi connectivity index (χ0n) is 12.8. The Labute approximate surface area is 130 Å². The third kappa shape index (κ3) is 3.50. The van der Waals surface area contributed by atoms with E-state index in [4.69, 9.17) is 9.15 Å². The first-order chi connectivity index (χ1) is 10.7. The van der Waals surface area contributed by atoms with Crippen molar-refractivity contribution >= 4 is 11.4 Å². The van der Waals surface area contributed by atoms with Gasteiger partial charge in [0.15, 0.2) is 0 Å². The maximum atomic E-state index is 11.8. The first kappa shape index (κ1) is 14.7. The fourth-order valence-electron chi connectivity index (χ4n) is 3.00. The highest BCUT2D eigenvalue weighted by Crippen LogP contribution is 2.33. The second-order valence-corrected chi connectivity index (χ2v) is 5.76. The molecule has 4 heteroatoms. The van der Waals surface area contributed by atoms with Crippen molar-refractivity contribution in [2.24, 2.45) is 0 Å². The number of rotatable bonds is 4. The fourth-order valence-corrected chi connectivity index (χ4v) is 3.00. The lowest BCUT2D eigenvalue weighted by Crippen LogP contribution is -2.09. The van der Waals surface area contributed by atoms with E-state index in [1.54, 1.807) is 7.11 Å². The van der Waals surface area contributed by atoms with Crippen molar-refractivity contribution < 1.29 is 9.15 Å². The molecule has 1 heterocycles. The van der Waals surface area contributed by atoms with Gasteiger partial charge in [-0.15, -0.1) is 0 Å². The maximum Gasteiger partial charge on any atom is 0.337 e. The van der Waals surface area contributed by atoms with Gasteiger partial charge in [0.25, 0.3) is 0 Å². The minimum atomic E-state index is -0.293. The Morgan fingerprint density at radius 1 is 1.05 bits per heavy atom. The largest absolute Gasteiger partial charge is 0.497 e. The Bertz CT molecular complexity index is 669. The average Bonchev–Trinajstić information content (AvgIpc) is 2.56. The van der Waals surface area contributed by atoms with Crippen molar-refractivity contribution in [2.75, 3.05) is 12.4 Å². The molecule has 0 bridgehead atoms. The molecule has 0 amide bonds. The zero-order chi connectivity index (χ0) is 15.4. The van der Waals surface area contributed by atoms with E-state index in [1.165, 1.54) is 25.3 Å². The van der Waals surface area contributed by atoms with E-state index in [1.807, 2.05) is 30.3 Å². The third-order valence-electron chi connectivity index (χ3n) is 4.18. The number of anilines is 2. The third-order valence-corrected chi connectivity index (χ3v) is 4.18. The predicted octanol–water partition coefficient (Wildman–Crippen LogP) is 4.44. The topological polar surface area (TPSA) is 51.5 Å². The summed E-state index contributed by atoms with van der Waals surface area (Å²) in [4.78, 5) is 11.8. The zero-order valence-corrected chi connectivity index (χ0v) is 12.8. The van der Waals surface area contributed by atoms with Gasteiger partial charge in [-0.25, -0.2) is 4.79 Å². The van der Waals surface area contributed by atoms with Crippen molar-refractivity contribution in [2.45, 2.75) is 38.0 Å². The highest BCUT2D eigenvalue weighted by atomic mass is 16.5. The lowest BCUT2D eigenvalue weighted by molar-refractivity contribution is 0.356. The van der Waals surface area contributed by atoms with Crippen LogP contribution < -0.4 is 15.7 Å². The number of benzene rings is 1. The van der Waals surface area contributed by atoms with Crippen LogP contribution in [-0.4, -0.2) is 7.11 Å². The molecule has 1 aliphatic rings. The second kappa shape index (κ2) is 6.69. The number of nitrogens with one attached hydrogen (secondary N) is 1. The maximum absolute atomic E-state index is 11.8. The molecule has 0 aliphatic heterocycles. The molecule has 1 aromatic carbocycles. The van der Waals surface area contributed by atoms with Crippen molar-refractivity contribution in [3.8, 4) is 5.75 Å². The Kier molecular flexibility index (Phi) is 4.47. The molecular formula is C18H21NO3. The lowest BCUT2D eigenvalue weighted by atomic mass is 9.87. The van der Waals surface area contributed by atoms with Crippen LogP contribution in [0.1, 0.15) is 43.8 Å². The first-order valence-electron chi connectivity index (χ1n) is 7.81. The van der Waals surface area contributed by atoms with Crippen LogP contribution in [0.4, 0.5) is 11.4 Å². The molecule has 1 aromatic heterocycles. The number of hydrogen-bond donors (Lipinski definition) is 1. The number of methoxy groups -OCH3 is 1. The second-order valence-electron chi connectivity index (χ2n) is 5.76. The van der Waals surface area contributed by atoms with Gasteiger partial charge in [0.05, 0.1) is 7.11 Å². The Balaban J connectivity index is 1.80. The van der Waals surface area contributed by atoms with E-state index in [-0.39, 0.29) is 5.63 Å². The summed E-state index contributed by atoms with van der Waals surface area (Å²) >= 11 is 0. The Morgan fingerprint density at radius 3 is 2.45 bits per heavy atom. The van der Waals surface area contributed by atoms with Crippen LogP contribution in [0, 0.1) is 0 Å². The van der Waals surface area contributed by atoms with E-state index in [0.717, 1.165) is 35.7 Å². The molecule has 0 saturated heterocycles. The summed E-state index contributed by atoms with van der Waals surface area (Å²) in [6.45, 7) is 0. The summed E-state index contributed by atoms with van der Waals surface area (Å²) in [5.74, 6) is 1.99. The van der Waals surface area contributed by atoms with Gasteiger partial charge >= 0.3 is 5.63 Å². The highest BCUT2D eigenvalue weighted by molar-refractivity contribution is 5.60. The molecule has 0 radical (unpaired) electrons. The highest BCUT2D eigenvalue weighted by Gasteiger charge is 2.18. The first-order valence-corrected chi connectivity index (χ1v) is 7.81. The van der Waals surface area contributed by atoms with Crippen LogP contribution >= 0.6 is 0 Å². The molecule has 1 aliphatic carbocycles. The Hall–Kier alpha value is -2.23. The van der Waals surface area contributed by atoms with E-state index < -0.39 is 0 Å². The van der Waals surface area contributed by atoms with Crippen LogP contribution in [0.25, 0.3) is 0 Å². The Morgan fingerprint density at radius 2 is 1.77 bits per heavy atom. The van der Waals surface area contributed by atoms with Gasteiger partial charge in [-0.2, -0.15) is 0 Å². The minimum absolute atomic E-state index is 0.293. The van der Waals surface area contributed by atoms with Gasteiger partial charge in [0.2, 0.25) is 0 Å². The van der Waals surface area contributed by atoms with Gasteiger partial charge < -0.3 is 14.5 Å². The van der Waals surface area contributed by atoms with E-state index in [9.17, 15) is 4.79 Å². The normalized spacial score (nSPS) is 15.5. The standard InChI is InChI=1S/C18H21NO3/c1-21-16-9-7-14(8-10-16)19-15-11-17(22-18(20)12-15)13-5-3-2-4-6-13/h7-13,19H,2-6H2,1H3. The molecule has 0 unspecified atom stereocenters. The monoisotopic (exact) mass is 299 g/mol. The molecule has 1 N–H and O–H groups in total. The molecule has 116 valence electrons. The quantitative estimate of drug-likeness (QED) is 0.906. The van der Waals surface area contributed by atoms with E-state index in [2.05, 4.69) is 5.32 Å². The van der Waals surface area contributed by atoms with Gasteiger partial charge in [-0.1, -0.05) is 19.3 Å².